The predicted molar refractivity (Wildman–Crippen MR) is 115 cm³/mol. The first kappa shape index (κ1) is 21.3. The normalized spacial score (nSPS) is 16.1. The Labute approximate surface area is 173 Å². The Bertz CT molecular complexity index is 954. The van der Waals surface area contributed by atoms with E-state index in [1.54, 1.807) is 24.3 Å². The number of amides is 1. The van der Waals surface area contributed by atoms with Gasteiger partial charge in [-0.25, -0.2) is 8.42 Å². The van der Waals surface area contributed by atoms with Gasteiger partial charge < -0.3 is 10.2 Å². The molecule has 0 aromatic heterocycles. The van der Waals surface area contributed by atoms with Gasteiger partial charge in [0.25, 0.3) is 0 Å². The van der Waals surface area contributed by atoms with Gasteiger partial charge in [-0.15, -0.1) is 0 Å². The summed E-state index contributed by atoms with van der Waals surface area (Å²) in [6.45, 7) is 7.34. The summed E-state index contributed by atoms with van der Waals surface area (Å²) in [7, 11) is -3.46. The van der Waals surface area contributed by atoms with E-state index in [-0.39, 0.29) is 10.8 Å². The van der Waals surface area contributed by atoms with Crippen LogP contribution in [-0.4, -0.2) is 44.3 Å². The number of anilines is 1. The van der Waals surface area contributed by atoms with Crippen molar-refractivity contribution < 1.29 is 13.2 Å². The molecule has 29 heavy (non-hydrogen) atoms. The topological polar surface area (TPSA) is 69.7 Å². The summed E-state index contributed by atoms with van der Waals surface area (Å²) in [5, 5.41) is 2.94. The van der Waals surface area contributed by atoms with Crippen molar-refractivity contribution in [3.8, 4) is 0 Å². The van der Waals surface area contributed by atoms with Crippen molar-refractivity contribution in [3.05, 3.63) is 59.7 Å². The van der Waals surface area contributed by atoms with Crippen LogP contribution in [0.5, 0.6) is 0 Å². The number of hydrogen-bond donors (Lipinski definition) is 1. The van der Waals surface area contributed by atoms with Crippen molar-refractivity contribution in [1.82, 2.24) is 9.62 Å². The lowest BCUT2D eigenvalue weighted by Crippen LogP contribution is -2.39. The lowest BCUT2D eigenvalue weighted by atomic mass is 10.1. The van der Waals surface area contributed by atoms with Crippen molar-refractivity contribution >= 4 is 21.6 Å². The van der Waals surface area contributed by atoms with Crippen LogP contribution in [0.25, 0.3) is 0 Å². The number of carbonyl (C=O) groups excluding carboxylic acids is 1. The molecular weight excluding hydrogens is 386 g/mol. The molecule has 3 rings (SSSR count). The Balaban J connectivity index is 1.59. The molecule has 0 spiro atoms. The van der Waals surface area contributed by atoms with E-state index < -0.39 is 10.0 Å². The number of para-hydroxylation sites is 1. The van der Waals surface area contributed by atoms with Gasteiger partial charge in [-0.05, 0) is 42.7 Å². The first-order valence-electron chi connectivity index (χ1n) is 10.1. The van der Waals surface area contributed by atoms with Crippen LogP contribution < -0.4 is 10.2 Å². The molecule has 0 saturated carbocycles. The van der Waals surface area contributed by atoms with E-state index in [0.29, 0.717) is 32.2 Å². The zero-order valence-corrected chi connectivity index (χ0v) is 18.1. The van der Waals surface area contributed by atoms with E-state index in [2.05, 4.69) is 29.3 Å². The molecule has 0 aliphatic carbocycles. The molecule has 2 aromatic rings. The quantitative estimate of drug-likeness (QED) is 0.720. The van der Waals surface area contributed by atoms with Gasteiger partial charge in [-0.3, -0.25) is 4.79 Å². The van der Waals surface area contributed by atoms with Gasteiger partial charge in [-0.2, -0.15) is 4.31 Å². The van der Waals surface area contributed by atoms with Crippen LogP contribution in [0.3, 0.4) is 0 Å². The minimum absolute atomic E-state index is 0.0478. The van der Waals surface area contributed by atoms with Crippen molar-refractivity contribution in [2.75, 3.05) is 24.5 Å². The lowest BCUT2D eigenvalue weighted by Gasteiger charge is -2.24. The van der Waals surface area contributed by atoms with Crippen LogP contribution in [0.2, 0.25) is 0 Å². The van der Waals surface area contributed by atoms with Crippen molar-refractivity contribution in [3.63, 3.8) is 0 Å². The molecule has 0 bridgehead atoms. The monoisotopic (exact) mass is 415 g/mol. The fourth-order valence-corrected chi connectivity index (χ4v) is 5.23. The van der Waals surface area contributed by atoms with Crippen molar-refractivity contribution in [2.45, 2.75) is 44.7 Å². The molecule has 0 unspecified atom stereocenters. The standard InChI is InChI=1S/C22H29N3O3S/c1-4-24(5-2)29(27,28)20-12-10-18(11-13-20)15-23-22(26)16-25-17(3)14-19-8-6-7-9-21(19)25/h6-13,17H,4-5,14-16H2,1-3H3,(H,23,26)/t17-/m1/s1. The molecule has 1 N–H and O–H groups in total. The second-order valence-electron chi connectivity index (χ2n) is 7.32. The first-order chi connectivity index (χ1) is 13.9. The van der Waals surface area contributed by atoms with E-state index in [9.17, 15) is 13.2 Å². The number of nitrogens with one attached hydrogen (secondary N) is 1. The highest BCUT2D eigenvalue weighted by Gasteiger charge is 2.27. The minimum atomic E-state index is -3.46. The van der Waals surface area contributed by atoms with Gasteiger partial charge in [0.15, 0.2) is 0 Å². The summed E-state index contributed by atoms with van der Waals surface area (Å²) >= 11 is 0. The summed E-state index contributed by atoms with van der Waals surface area (Å²) in [6.07, 6.45) is 0.950. The number of carbonyl (C=O) groups is 1. The maximum absolute atomic E-state index is 12.5. The molecule has 0 radical (unpaired) electrons. The highest BCUT2D eigenvalue weighted by molar-refractivity contribution is 7.89. The molecule has 156 valence electrons. The van der Waals surface area contributed by atoms with Gasteiger partial charge in [0.2, 0.25) is 15.9 Å². The third-order valence-electron chi connectivity index (χ3n) is 5.42. The number of fused-ring (bicyclic) bond motifs is 1. The van der Waals surface area contributed by atoms with Gasteiger partial charge in [0.05, 0.1) is 11.4 Å². The zero-order chi connectivity index (χ0) is 21.0. The average Bonchev–Trinajstić information content (AvgIpc) is 3.02. The summed E-state index contributed by atoms with van der Waals surface area (Å²) in [4.78, 5) is 14.9. The van der Waals surface area contributed by atoms with Gasteiger partial charge in [0, 0.05) is 31.4 Å². The number of rotatable bonds is 8. The maximum atomic E-state index is 12.5. The molecule has 1 amide bonds. The number of hydrogen-bond acceptors (Lipinski definition) is 4. The van der Waals surface area contributed by atoms with Crippen LogP contribution in [-0.2, 0) is 27.8 Å². The molecule has 6 nitrogen and oxygen atoms in total. The smallest absolute Gasteiger partial charge is 0.243 e. The summed E-state index contributed by atoms with van der Waals surface area (Å²) in [6, 6.07) is 15.2. The Hall–Kier alpha value is -2.38. The molecule has 1 atom stereocenters. The van der Waals surface area contributed by atoms with Crippen LogP contribution in [0.4, 0.5) is 5.69 Å². The van der Waals surface area contributed by atoms with Crippen LogP contribution in [0.1, 0.15) is 31.9 Å². The molecule has 7 heteroatoms. The Morgan fingerprint density at radius 2 is 1.76 bits per heavy atom. The zero-order valence-electron chi connectivity index (χ0n) is 17.3. The second kappa shape index (κ2) is 8.97. The molecule has 2 aromatic carbocycles. The van der Waals surface area contributed by atoms with E-state index in [0.717, 1.165) is 17.7 Å². The second-order valence-corrected chi connectivity index (χ2v) is 9.26. The van der Waals surface area contributed by atoms with Crippen LogP contribution in [0, 0.1) is 0 Å². The van der Waals surface area contributed by atoms with E-state index in [1.807, 2.05) is 26.0 Å². The molecule has 0 fully saturated rings. The highest BCUT2D eigenvalue weighted by Crippen LogP contribution is 2.31. The summed E-state index contributed by atoms with van der Waals surface area (Å²) in [5.74, 6) is -0.0478. The van der Waals surface area contributed by atoms with Crippen molar-refractivity contribution in [1.29, 1.82) is 0 Å². The molecule has 1 heterocycles. The third kappa shape index (κ3) is 4.62. The molecule has 1 aliphatic rings. The molecule has 1 aliphatic heterocycles. The fourth-order valence-electron chi connectivity index (χ4n) is 3.77. The first-order valence-corrected chi connectivity index (χ1v) is 11.5. The van der Waals surface area contributed by atoms with Crippen LogP contribution in [0.15, 0.2) is 53.4 Å². The van der Waals surface area contributed by atoms with Gasteiger partial charge in [0.1, 0.15) is 0 Å². The van der Waals surface area contributed by atoms with E-state index in [4.69, 9.17) is 0 Å². The number of sulfonamides is 1. The Morgan fingerprint density at radius 1 is 1.10 bits per heavy atom. The van der Waals surface area contributed by atoms with Crippen molar-refractivity contribution in [2.24, 2.45) is 0 Å². The summed E-state index contributed by atoms with van der Waals surface area (Å²) < 4.78 is 26.5. The SMILES string of the molecule is CCN(CC)S(=O)(=O)c1ccc(CNC(=O)CN2c3ccccc3C[C@H]2C)cc1. The minimum Gasteiger partial charge on any atom is -0.359 e. The Morgan fingerprint density at radius 3 is 2.41 bits per heavy atom. The van der Waals surface area contributed by atoms with Crippen LogP contribution >= 0.6 is 0 Å². The molecular formula is C22H29N3O3S. The highest BCUT2D eigenvalue weighted by atomic mass is 32.2. The summed E-state index contributed by atoms with van der Waals surface area (Å²) in [5.41, 5.74) is 3.27. The van der Waals surface area contributed by atoms with Gasteiger partial charge in [-0.1, -0.05) is 44.2 Å². The third-order valence-corrected chi connectivity index (χ3v) is 7.48. The number of nitrogens with zero attached hydrogens (tertiary/aromatic N) is 2. The van der Waals surface area contributed by atoms with E-state index >= 15 is 0 Å². The maximum Gasteiger partial charge on any atom is 0.243 e. The predicted octanol–water partition coefficient (Wildman–Crippen LogP) is 2.78. The molecule has 0 saturated heterocycles. The fraction of sp³-hybridized carbons (Fsp3) is 0.409. The lowest BCUT2D eigenvalue weighted by molar-refractivity contribution is -0.120. The van der Waals surface area contributed by atoms with E-state index in [1.165, 1.54) is 9.87 Å². The number of benzene rings is 2. The average molecular weight is 416 g/mol. The Kier molecular flexibility index (Phi) is 6.59. The van der Waals surface area contributed by atoms with Gasteiger partial charge >= 0.3 is 0 Å². The largest absolute Gasteiger partial charge is 0.359 e.